The van der Waals surface area contributed by atoms with Crippen LogP contribution in [0.3, 0.4) is 0 Å². The molecule has 0 spiro atoms. The molecule has 0 bridgehead atoms. The molecule has 0 aliphatic carbocycles. The van der Waals surface area contributed by atoms with Gasteiger partial charge in [-0.2, -0.15) is 8.78 Å². The second-order valence-electron chi connectivity index (χ2n) is 2.79. The summed E-state index contributed by atoms with van der Waals surface area (Å²) in [6.45, 7) is 3.55. The molecule has 1 rings (SSSR count). The third-order valence-electron chi connectivity index (χ3n) is 1.78. The van der Waals surface area contributed by atoms with Crippen LogP contribution in [0.4, 0.5) is 13.2 Å². The van der Waals surface area contributed by atoms with Gasteiger partial charge in [-0.05, 0) is 11.1 Å². The minimum atomic E-state index is -2.25. The van der Waals surface area contributed by atoms with Crippen LogP contribution in [-0.4, -0.2) is 0 Å². The zero-order valence-electron chi connectivity index (χ0n) is 7.43. The van der Waals surface area contributed by atoms with Crippen LogP contribution in [0.2, 0.25) is 0 Å². The first-order chi connectivity index (χ1) is 6.63. The normalized spacial score (nSPS) is 9.64. The zero-order valence-corrected chi connectivity index (χ0v) is 7.43. The molecule has 1 aromatic rings. The highest BCUT2D eigenvalue weighted by molar-refractivity contribution is 5.47. The largest absolute Gasteiger partial charge is 0.301 e. The molecule has 0 radical (unpaired) electrons. The molecule has 74 valence electrons. The first-order valence-corrected chi connectivity index (χ1v) is 4.04. The third-order valence-corrected chi connectivity index (χ3v) is 1.78. The molecule has 3 heteroatoms. The Morgan fingerprint density at radius 1 is 1.14 bits per heavy atom. The summed E-state index contributed by atoms with van der Waals surface area (Å²) in [6.07, 6.45) is -0.983. The van der Waals surface area contributed by atoms with Gasteiger partial charge in [-0.15, -0.1) is 0 Å². The summed E-state index contributed by atoms with van der Waals surface area (Å²) in [5.74, 6) is -1.38. The number of rotatable bonds is 3. The van der Waals surface area contributed by atoms with E-state index in [0.29, 0.717) is 5.56 Å². The first-order valence-electron chi connectivity index (χ1n) is 4.04. The van der Waals surface area contributed by atoms with Gasteiger partial charge in [-0.3, -0.25) is 0 Å². The smallest absolute Gasteiger partial charge is 0.206 e. The van der Waals surface area contributed by atoms with Crippen molar-refractivity contribution >= 4 is 6.08 Å². The van der Waals surface area contributed by atoms with Gasteiger partial charge in [-0.25, -0.2) is 4.39 Å². The molecule has 14 heavy (non-hydrogen) atoms. The van der Waals surface area contributed by atoms with Crippen molar-refractivity contribution in [2.75, 3.05) is 0 Å². The fraction of sp³-hybridized carbons (Fsp3) is 0.0909. The molecule has 1 aromatic carbocycles. The third kappa shape index (κ3) is 2.76. The molecule has 0 fully saturated rings. The summed E-state index contributed by atoms with van der Waals surface area (Å²) >= 11 is 0. The van der Waals surface area contributed by atoms with E-state index < -0.39 is 11.9 Å². The lowest BCUT2D eigenvalue weighted by atomic mass is 10.1. The van der Waals surface area contributed by atoms with E-state index in [2.05, 4.69) is 6.58 Å². The summed E-state index contributed by atoms with van der Waals surface area (Å²) in [5, 5.41) is 0. The average Bonchev–Trinajstić information content (AvgIpc) is 2.19. The maximum atomic E-state index is 12.5. The summed E-state index contributed by atoms with van der Waals surface area (Å²) in [7, 11) is 0. The molecular weight excluding hydrogens is 189 g/mol. The van der Waals surface area contributed by atoms with Crippen LogP contribution < -0.4 is 0 Å². The molecular formula is C11H9F3. The van der Waals surface area contributed by atoms with Crippen LogP contribution >= 0.6 is 0 Å². The predicted molar refractivity (Wildman–Crippen MR) is 50.6 cm³/mol. The van der Waals surface area contributed by atoms with Gasteiger partial charge < -0.3 is 0 Å². The van der Waals surface area contributed by atoms with Gasteiger partial charge in [0.25, 0.3) is 0 Å². The standard InChI is InChI=1S/C11H9F3/c1-2-8-3-5-9(6-4-8)7-10(12)11(13)14/h2-6H,1,7H2. The van der Waals surface area contributed by atoms with Gasteiger partial charge in [0, 0.05) is 6.42 Å². The molecule has 0 amide bonds. The van der Waals surface area contributed by atoms with Gasteiger partial charge in [0.2, 0.25) is 0 Å². The second-order valence-corrected chi connectivity index (χ2v) is 2.79. The molecule has 0 aliphatic rings. The maximum Gasteiger partial charge on any atom is 0.301 e. The zero-order chi connectivity index (χ0) is 10.6. The number of hydrogen-bond donors (Lipinski definition) is 0. The van der Waals surface area contributed by atoms with Gasteiger partial charge >= 0.3 is 6.08 Å². The van der Waals surface area contributed by atoms with Crippen LogP contribution in [0.1, 0.15) is 11.1 Å². The fourth-order valence-electron chi connectivity index (χ4n) is 1.02. The Balaban J connectivity index is 2.79. The van der Waals surface area contributed by atoms with E-state index >= 15 is 0 Å². The fourth-order valence-corrected chi connectivity index (χ4v) is 1.02. The number of allylic oxidation sites excluding steroid dienone is 1. The molecule has 0 N–H and O–H groups in total. The minimum absolute atomic E-state index is 0.361. The van der Waals surface area contributed by atoms with E-state index in [1.807, 2.05) is 0 Å². The molecule has 0 heterocycles. The number of halogens is 3. The van der Waals surface area contributed by atoms with Gasteiger partial charge in [0.1, 0.15) is 0 Å². The monoisotopic (exact) mass is 198 g/mol. The van der Waals surface area contributed by atoms with Crippen molar-refractivity contribution in [3.05, 3.63) is 53.9 Å². The van der Waals surface area contributed by atoms with Crippen LogP contribution in [0.15, 0.2) is 42.8 Å². The Morgan fingerprint density at radius 3 is 2.14 bits per heavy atom. The van der Waals surface area contributed by atoms with Crippen LogP contribution in [0.5, 0.6) is 0 Å². The van der Waals surface area contributed by atoms with Crippen LogP contribution in [-0.2, 0) is 6.42 Å². The Bertz CT molecular complexity index is 345. The quantitative estimate of drug-likeness (QED) is 0.689. The Hall–Kier alpha value is -1.51. The van der Waals surface area contributed by atoms with Crippen molar-refractivity contribution < 1.29 is 13.2 Å². The van der Waals surface area contributed by atoms with Crippen molar-refractivity contribution in [2.45, 2.75) is 6.42 Å². The molecule has 0 nitrogen and oxygen atoms in total. The first kappa shape index (κ1) is 10.6. The van der Waals surface area contributed by atoms with E-state index in [9.17, 15) is 13.2 Å². The summed E-state index contributed by atoms with van der Waals surface area (Å²) in [4.78, 5) is 0. The Kier molecular flexibility index (Phi) is 3.51. The lowest BCUT2D eigenvalue weighted by molar-refractivity contribution is 0.374. The van der Waals surface area contributed by atoms with Gasteiger partial charge in [0.15, 0.2) is 5.83 Å². The van der Waals surface area contributed by atoms with Crippen molar-refractivity contribution in [3.63, 3.8) is 0 Å². The van der Waals surface area contributed by atoms with Crippen LogP contribution in [0.25, 0.3) is 6.08 Å². The van der Waals surface area contributed by atoms with Crippen molar-refractivity contribution in [1.82, 2.24) is 0 Å². The van der Waals surface area contributed by atoms with E-state index in [4.69, 9.17) is 0 Å². The van der Waals surface area contributed by atoms with Crippen molar-refractivity contribution in [2.24, 2.45) is 0 Å². The summed E-state index contributed by atoms with van der Waals surface area (Å²) in [6, 6.07) is 6.59. The maximum absolute atomic E-state index is 12.5. The lowest BCUT2D eigenvalue weighted by Crippen LogP contribution is -1.86. The molecule has 0 unspecified atom stereocenters. The highest BCUT2D eigenvalue weighted by Gasteiger charge is 2.05. The second kappa shape index (κ2) is 4.65. The number of benzene rings is 1. The SMILES string of the molecule is C=Cc1ccc(CC(F)=C(F)F)cc1. The Morgan fingerprint density at radius 2 is 1.71 bits per heavy atom. The minimum Gasteiger partial charge on any atom is -0.206 e. The molecule has 0 saturated heterocycles. The van der Waals surface area contributed by atoms with E-state index in [1.165, 1.54) is 0 Å². The summed E-state index contributed by atoms with van der Waals surface area (Å²) in [5.41, 5.74) is 1.39. The molecule has 0 atom stereocenters. The Labute approximate surface area is 80.4 Å². The highest BCUT2D eigenvalue weighted by Crippen LogP contribution is 2.16. The van der Waals surface area contributed by atoms with Crippen LogP contribution in [0, 0.1) is 0 Å². The lowest BCUT2D eigenvalue weighted by Gasteiger charge is -1.99. The van der Waals surface area contributed by atoms with Gasteiger partial charge in [0.05, 0.1) is 0 Å². The number of hydrogen-bond acceptors (Lipinski definition) is 0. The van der Waals surface area contributed by atoms with Crippen molar-refractivity contribution in [3.8, 4) is 0 Å². The summed E-state index contributed by atoms with van der Waals surface area (Å²) < 4.78 is 36.0. The molecule has 0 saturated carbocycles. The topological polar surface area (TPSA) is 0 Å². The van der Waals surface area contributed by atoms with Crippen molar-refractivity contribution in [1.29, 1.82) is 0 Å². The molecule has 0 aromatic heterocycles. The highest BCUT2D eigenvalue weighted by atomic mass is 19.3. The molecule has 0 aliphatic heterocycles. The van der Waals surface area contributed by atoms with E-state index in [-0.39, 0.29) is 6.42 Å². The predicted octanol–water partition coefficient (Wildman–Crippen LogP) is 3.95. The van der Waals surface area contributed by atoms with Gasteiger partial charge in [-0.1, -0.05) is 36.9 Å². The average molecular weight is 198 g/mol. The van der Waals surface area contributed by atoms with E-state index in [0.717, 1.165) is 5.56 Å². The van der Waals surface area contributed by atoms with E-state index in [1.54, 1.807) is 30.3 Å².